The van der Waals surface area contributed by atoms with Crippen LogP contribution >= 0.6 is 23.1 Å². The summed E-state index contributed by atoms with van der Waals surface area (Å²) in [7, 11) is 1.54. The molecule has 5 rings (SSSR count). The predicted molar refractivity (Wildman–Crippen MR) is 168 cm³/mol. The molecule has 13 heteroatoms. The lowest BCUT2D eigenvalue weighted by Gasteiger charge is -2.12. The van der Waals surface area contributed by atoms with Gasteiger partial charge in [0.25, 0.3) is 5.91 Å². The molecule has 2 aromatic carbocycles. The van der Waals surface area contributed by atoms with E-state index in [0.29, 0.717) is 45.2 Å². The first kappa shape index (κ1) is 31.1. The summed E-state index contributed by atoms with van der Waals surface area (Å²) in [5.41, 5.74) is 2.64. The van der Waals surface area contributed by atoms with Crippen LogP contribution in [0.5, 0.6) is 11.5 Å². The molecule has 2 aromatic heterocycles. The molecule has 2 amide bonds. The largest absolute Gasteiger partial charge is 0.497 e. The van der Waals surface area contributed by atoms with Gasteiger partial charge in [-0.2, -0.15) is 0 Å². The second kappa shape index (κ2) is 14.4. The fourth-order valence-electron chi connectivity index (χ4n) is 4.86. The summed E-state index contributed by atoms with van der Waals surface area (Å²) in [6.07, 6.45) is 2.67. The first-order valence-corrected chi connectivity index (χ1v) is 16.1. The van der Waals surface area contributed by atoms with Gasteiger partial charge in [-0.25, -0.2) is 4.79 Å². The number of thioether (sulfide) groups is 1. The number of carbonyl (C=O) groups excluding carboxylic acids is 3. The number of nitrogens with zero attached hydrogens (tertiary/aromatic N) is 3. The summed E-state index contributed by atoms with van der Waals surface area (Å²) in [5.74, 6) is 0.808. The van der Waals surface area contributed by atoms with Crippen molar-refractivity contribution >= 4 is 45.9 Å². The number of esters is 1. The monoisotopic (exact) mass is 635 g/mol. The number of thiophene rings is 1. The van der Waals surface area contributed by atoms with Gasteiger partial charge in [0.05, 0.1) is 38.2 Å². The minimum atomic E-state index is -0.411. The maximum absolute atomic E-state index is 13.1. The number of methoxy groups -OCH3 is 1. The van der Waals surface area contributed by atoms with Crippen LogP contribution in [0.2, 0.25) is 0 Å². The van der Waals surface area contributed by atoms with E-state index in [-0.39, 0.29) is 30.7 Å². The number of amides is 2. The molecular formula is C31H33N5O6S2. The fraction of sp³-hybridized carbons (Fsp3) is 0.323. The summed E-state index contributed by atoms with van der Waals surface area (Å²) in [5, 5.41) is 15.5. The van der Waals surface area contributed by atoms with E-state index in [9.17, 15) is 14.4 Å². The molecule has 230 valence electrons. The van der Waals surface area contributed by atoms with Crippen molar-refractivity contribution in [3.8, 4) is 17.2 Å². The minimum absolute atomic E-state index is 0.0240. The maximum atomic E-state index is 13.1. The number of aryl methyl sites for hydroxylation is 1. The molecule has 0 aliphatic heterocycles. The van der Waals surface area contributed by atoms with Crippen LogP contribution in [0, 0.1) is 0 Å². The van der Waals surface area contributed by atoms with Crippen molar-refractivity contribution in [1.29, 1.82) is 0 Å². The number of rotatable bonds is 13. The average molecular weight is 636 g/mol. The van der Waals surface area contributed by atoms with Crippen molar-refractivity contribution in [2.45, 2.75) is 44.8 Å². The highest BCUT2D eigenvalue weighted by Gasteiger charge is 2.28. The van der Waals surface area contributed by atoms with E-state index >= 15 is 0 Å². The Morgan fingerprint density at radius 2 is 1.84 bits per heavy atom. The molecular weight excluding hydrogens is 603 g/mol. The van der Waals surface area contributed by atoms with Gasteiger partial charge in [0.15, 0.2) is 11.0 Å². The number of fused-ring (bicyclic) bond motifs is 1. The quantitative estimate of drug-likeness (QED) is 0.153. The van der Waals surface area contributed by atoms with Crippen LogP contribution in [-0.4, -0.2) is 58.6 Å². The number of ether oxygens (including phenoxy) is 3. The second-order valence-electron chi connectivity index (χ2n) is 9.69. The highest BCUT2D eigenvalue weighted by Crippen LogP contribution is 2.39. The summed E-state index contributed by atoms with van der Waals surface area (Å²) in [6, 6.07) is 14.3. The first-order chi connectivity index (χ1) is 21.4. The molecule has 0 spiro atoms. The van der Waals surface area contributed by atoms with Gasteiger partial charge in [-0.1, -0.05) is 17.8 Å². The van der Waals surface area contributed by atoms with E-state index in [0.717, 1.165) is 35.4 Å². The molecule has 0 radical (unpaired) electrons. The Morgan fingerprint density at radius 3 is 2.59 bits per heavy atom. The molecule has 11 nitrogen and oxygen atoms in total. The standard InChI is InChI=1S/C31H33N5O6S2/c1-4-41-21-14-12-20(13-15-21)36-25(17-32-28(38)19-8-6-9-22(16-19)40-3)34-35-31(36)43-18-26(37)33-29-27(30(39)42-5-2)23-10-7-11-24(23)44-29/h6,8-9,12-16H,4-5,7,10-11,17-18H2,1-3H3,(H,32,38)(H,33,37). The summed E-state index contributed by atoms with van der Waals surface area (Å²) >= 11 is 2.64. The molecule has 2 heterocycles. The normalized spacial score (nSPS) is 12.0. The lowest BCUT2D eigenvalue weighted by molar-refractivity contribution is -0.113. The molecule has 0 atom stereocenters. The lowest BCUT2D eigenvalue weighted by atomic mass is 10.1. The summed E-state index contributed by atoms with van der Waals surface area (Å²) in [6.45, 7) is 4.56. The number of carbonyl (C=O) groups is 3. The lowest BCUT2D eigenvalue weighted by Crippen LogP contribution is -2.24. The fourth-order valence-corrected chi connectivity index (χ4v) is 6.92. The SMILES string of the molecule is CCOC(=O)c1c(NC(=O)CSc2nnc(CNC(=O)c3cccc(OC)c3)n2-c2ccc(OCC)cc2)sc2c1CCC2. The van der Waals surface area contributed by atoms with Gasteiger partial charge >= 0.3 is 5.97 Å². The molecule has 0 saturated carbocycles. The van der Waals surface area contributed by atoms with Crippen molar-refractivity contribution in [3.63, 3.8) is 0 Å². The Morgan fingerprint density at radius 1 is 1.02 bits per heavy atom. The Balaban J connectivity index is 1.33. The smallest absolute Gasteiger partial charge is 0.341 e. The number of nitrogens with one attached hydrogen (secondary N) is 2. The van der Waals surface area contributed by atoms with Crippen LogP contribution < -0.4 is 20.1 Å². The van der Waals surface area contributed by atoms with Crippen LogP contribution in [0.4, 0.5) is 5.00 Å². The molecule has 0 bridgehead atoms. The van der Waals surface area contributed by atoms with E-state index < -0.39 is 5.97 Å². The molecule has 44 heavy (non-hydrogen) atoms. The third-order valence-corrected chi connectivity index (χ3v) is 8.97. The predicted octanol–water partition coefficient (Wildman–Crippen LogP) is 5.06. The number of aromatic nitrogens is 3. The van der Waals surface area contributed by atoms with Crippen molar-refractivity contribution in [2.75, 3.05) is 31.4 Å². The highest BCUT2D eigenvalue weighted by molar-refractivity contribution is 7.99. The van der Waals surface area contributed by atoms with Gasteiger partial charge in [0, 0.05) is 16.1 Å². The first-order valence-electron chi connectivity index (χ1n) is 14.3. The Kier molecular flexibility index (Phi) is 10.2. The van der Waals surface area contributed by atoms with Gasteiger partial charge in [0.1, 0.15) is 16.5 Å². The van der Waals surface area contributed by atoms with Gasteiger partial charge < -0.3 is 24.8 Å². The highest BCUT2D eigenvalue weighted by atomic mass is 32.2. The molecule has 1 aliphatic carbocycles. The zero-order chi connectivity index (χ0) is 31.1. The van der Waals surface area contributed by atoms with Gasteiger partial charge in [-0.05, 0) is 81.1 Å². The Hall–Kier alpha value is -4.36. The summed E-state index contributed by atoms with van der Waals surface area (Å²) < 4.78 is 17.9. The van der Waals surface area contributed by atoms with E-state index in [1.807, 2.05) is 31.2 Å². The number of benzene rings is 2. The van der Waals surface area contributed by atoms with Gasteiger partial charge in [-0.15, -0.1) is 21.5 Å². The maximum Gasteiger partial charge on any atom is 0.341 e. The van der Waals surface area contributed by atoms with E-state index in [4.69, 9.17) is 14.2 Å². The molecule has 4 aromatic rings. The second-order valence-corrected chi connectivity index (χ2v) is 11.7. The van der Waals surface area contributed by atoms with Crippen molar-refractivity contribution in [3.05, 3.63) is 75.9 Å². The van der Waals surface area contributed by atoms with E-state index in [2.05, 4.69) is 20.8 Å². The average Bonchev–Trinajstić information content (AvgIpc) is 3.74. The van der Waals surface area contributed by atoms with Crippen molar-refractivity contribution in [2.24, 2.45) is 0 Å². The van der Waals surface area contributed by atoms with Crippen LogP contribution in [0.1, 0.15) is 57.2 Å². The zero-order valence-electron chi connectivity index (χ0n) is 24.7. The van der Waals surface area contributed by atoms with Crippen LogP contribution in [-0.2, 0) is 28.9 Å². The van der Waals surface area contributed by atoms with Crippen LogP contribution in [0.15, 0.2) is 53.7 Å². The topological polar surface area (TPSA) is 134 Å². The zero-order valence-corrected chi connectivity index (χ0v) is 26.3. The Labute approximate surface area is 263 Å². The summed E-state index contributed by atoms with van der Waals surface area (Å²) in [4.78, 5) is 39.8. The van der Waals surface area contributed by atoms with Gasteiger partial charge in [-0.3, -0.25) is 14.2 Å². The molecule has 0 saturated heterocycles. The third kappa shape index (κ3) is 7.05. The van der Waals surface area contributed by atoms with Crippen LogP contribution in [0.25, 0.3) is 5.69 Å². The molecule has 1 aliphatic rings. The van der Waals surface area contributed by atoms with Gasteiger partial charge in [0.2, 0.25) is 5.91 Å². The number of hydrogen-bond acceptors (Lipinski definition) is 10. The molecule has 2 N–H and O–H groups in total. The van der Waals surface area contributed by atoms with Crippen LogP contribution in [0.3, 0.4) is 0 Å². The number of anilines is 1. The number of hydrogen-bond donors (Lipinski definition) is 2. The minimum Gasteiger partial charge on any atom is -0.497 e. The Bertz CT molecular complexity index is 1650. The van der Waals surface area contributed by atoms with Crippen molar-refractivity contribution < 1.29 is 28.6 Å². The van der Waals surface area contributed by atoms with E-state index in [1.165, 1.54) is 23.1 Å². The molecule has 0 fully saturated rings. The third-order valence-electron chi connectivity index (χ3n) is 6.83. The van der Waals surface area contributed by atoms with E-state index in [1.54, 1.807) is 42.9 Å². The molecule has 0 unspecified atom stereocenters. The van der Waals surface area contributed by atoms with Crippen molar-refractivity contribution in [1.82, 2.24) is 20.1 Å².